The second-order valence-corrected chi connectivity index (χ2v) is 7.63. The summed E-state index contributed by atoms with van der Waals surface area (Å²) in [6.45, 7) is 3.37. The van der Waals surface area contributed by atoms with E-state index in [1.807, 2.05) is 0 Å². The minimum atomic E-state index is -3.95. The van der Waals surface area contributed by atoms with Gasteiger partial charge in [0.2, 0.25) is 10.0 Å². The predicted molar refractivity (Wildman–Crippen MR) is 82.1 cm³/mol. The average Bonchev–Trinajstić information content (AvgIpc) is 2.40. The molecule has 1 heterocycles. The van der Waals surface area contributed by atoms with Crippen molar-refractivity contribution in [1.82, 2.24) is 4.90 Å². The quantitative estimate of drug-likeness (QED) is 0.889. The molecule has 1 amide bonds. The van der Waals surface area contributed by atoms with Crippen LogP contribution in [0.25, 0.3) is 0 Å². The number of piperidine rings is 1. The number of nitrogens with zero attached hydrogens (tertiary/aromatic N) is 1. The molecule has 1 aliphatic rings. The summed E-state index contributed by atoms with van der Waals surface area (Å²) in [7, 11) is -3.95. The van der Waals surface area contributed by atoms with Crippen LogP contribution in [0.1, 0.15) is 30.1 Å². The third-order valence-electron chi connectivity index (χ3n) is 3.63. The molecule has 1 fully saturated rings. The van der Waals surface area contributed by atoms with E-state index in [9.17, 15) is 13.2 Å². The molecular weight excluding hydrogens is 335 g/mol. The second kappa shape index (κ2) is 6.12. The van der Waals surface area contributed by atoms with Crippen LogP contribution in [0.5, 0.6) is 0 Å². The molecule has 21 heavy (non-hydrogen) atoms. The number of benzene rings is 1. The molecule has 2 rings (SSSR count). The van der Waals surface area contributed by atoms with Crippen molar-refractivity contribution in [3.8, 4) is 0 Å². The first-order chi connectivity index (χ1) is 9.70. The second-order valence-electron chi connectivity index (χ2n) is 5.29. The molecule has 0 unspecified atom stereocenters. The number of carbonyl (C=O) groups is 1. The minimum absolute atomic E-state index is 0.00285. The summed E-state index contributed by atoms with van der Waals surface area (Å²) in [6, 6.07) is 2.33. The van der Waals surface area contributed by atoms with Gasteiger partial charge in [-0.2, -0.15) is 0 Å². The van der Waals surface area contributed by atoms with Crippen molar-refractivity contribution in [3.63, 3.8) is 0 Å². The number of nitrogens with two attached hydrogens (primary N) is 1. The predicted octanol–water partition coefficient (Wildman–Crippen LogP) is 2.51. The Morgan fingerprint density at radius 3 is 2.38 bits per heavy atom. The molecule has 116 valence electrons. The van der Waals surface area contributed by atoms with Crippen LogP contribution in [-0.4, -0.2) is 32.3 Å². The van der Waals surface area contributed by atoms with Gasteiger partial charge in [0.15, 0.2) is 0 Å². The van der Waals surface area contributed by atoms with Crippen LogP contribution >= 0.6 is 23.2 Å². The molecule has 0 aromatic heterocycles. The van der Waals surface area contributed by atoms with Crippen molar-refractivity contribution < 1.29 is 13.2 Å². The molecule has 0 atom stereocenters. The van der Waals surface area contributed by atoms with Gasteiger partial charge in [0.25, 0.3) is 5.91 Å². The highest BCUT2D eigenvalue weighted by Gasteiger charge is 2.25. The van der Waals surface area contributed by atoms with Gasteiger partial charge < -0.3 is 4.90 Å². The van der Waals surface area contributed by atoms with Gasteiger partial charge in [-0.05, 0) is 30.9 Å². The van der Waals surface area contributed by atoms with Crippen molar-refractivity contribution in [2.45, 2.75) is 24.7 Å². The van der Waals surface area contributed by atoms with Gasteiger partial charge in [-0.3, -0.25) is 4.79 Å². The Kier molecular flexibility index (Phi) is 4.82. The minimum Gasteiger partial charge on any atom is -0.339 e. The van der Waals surface area contributed by atoms with Crippen molar-refractivity contribution in [1.29, 1.82) is 0 Å². The molecule has 1 aliphatic heterocycles. The highest BCUT2D eigenvalue weighted by Crippen LogP contribution is 2.31. The molecule has 2 N–H and O–H groups in total. The number of hydrogen-bond donors (Lipinski definition) is 1. The van der Waals surface area contributed by atoms with Crippen molar-refractivity contribution in [2.75, 3.05) is 13.1 Å². The van der Waals surface area contributed by atoms with E-state index < -0.39 is 10.0 Å². The van der Waals surface area contributed by atoms with Gasteiger partial charge in [-0.25, -0.2) is 13.6 Å². The van der Waals surface area contributed by atoms with Crippen LogP contribution in [0, 0.1) is 5.92 Å². The Morgan fingerprint density at radius 1 is 1.29 bits per heavy atom. The molecule has 8 heteroatoms. The molecule has 0 saturated carbocycles. The number of likely N-dealkylation sites (tertiary alicyclic amines) is 1. The third-order valence-corrected chi connectivity index (χ3v) is 5.33. The van der Waals surface area contributed by atoms with Gasteiger partial charge in [0, 0.05) is 13.1 Å². The largest absolute Gasteiger partial charge is 0.339 e. The summed E-state index contributed by atoms with van der Waals surface area (Å²) >= 11 is 12.0. The molecule has 0 bridgehead atoms. The average molecular weight is 351 g/mol. The van der Waals surface area contributed by atoms with Crippen LogP contribution in [0.15, 0.2) is 17.0 Å². The topological polar surface area (TPSA) is 80.5 Å². The fraction of sp³-hybridized carbons (Fsp3) is 0.462. The Bertz CT molecular complexity index is 668. The Labute approximate surface area is 134 Å². The number of carbonyl (C=O) groups excluding carboxylic acids is 1. The van der Waals surface area contributed by atoms with Gasteiger partial charge >= 0.3 is 0 Å². The van der Waals surface area contributed by atoms with Gasteiger partial charge in [-0.1, -0.05) is 30.1 Å². The van der Waals surface area contributed by atoms with Gasteiger partial charge in [0.05, 0.1) is 20.5 Å². The zero-order chi connectivity index (χ0) is 15.8. The summed E-state index contributed by atoms with van der Waals surface area (Å²) in [5, 5.41) is 5.13. The number of rotatable bonds is 2. The lowest BCUT2D eigenvalue weighted by Crippen LogP contribution is -2.38. The monoisotopic (exact) mass is 350 g/mol. The zero-order valence-corrected chi connectivity index (χ0v) is 13.8. The first-order valence-corrected chi connectivity index (χ1v) is 8.81. The van der Waals surface area contributed by atoms with Crippen LogP contribution < -0.4 is 5.14 Å². The van der Waals surface area contributed by atoms with Crippen LogP contribution in [0.4, 0.5) is 0 Å². The van der Waals surface area contributed by atoms with Crippen molar-refractivity contribution >= 4 is 39.1 Å². The van der Waals surface area contributed by atoms with E-state index in [0.29, 0.717) is 19.0 Å². The molecule has 1 saturated heterocycles. The highest BCUT2D eigenvalue weighted by molar-refractivity contribution is 7.89. The Balaban J connectivity index is 2.39. The maximum Gasteiger partial charge on any atom is 0.255 e. The van der Waals surface area contributed by atoms with E-state index in [-0.39, 0.29) is 26.4 Å². The molecule has 1 aromatic carbocycles. The van der Waals surface area contributed by atoms with Gasteiger partial charge in [0.1, 0.15) is 0 Å². The van der Waals surface area contributed by atoms with E-state index in [2.05, 4.69) is 6.92 Å². The number of halogens is 2. The Morgan fingerprint density at radius 2 is 1.86 bits per heavy atom. The number of amides is 1. The fourth-order valence-corrected chi connectivity index (χ4v) is 3.30. The van der Waals surface area contributed by atoms with E-state index in [4.69, 9.17) is 28.3 Å². The molecule has 5 nitrogen and oxygen atoms in total. The smallest absolute Gasteiger partial charge is 0.255 e. The lowest BCUT2D eigenvalue weighted by atomic mass is 9.98. The normalized spacial score (nSPS) is 17.0. The number of sulfonamides is 1. The first kappa shape index (κ1) is 16.5. The van der Waals surface area contributed by atoms with E-state index in [0.717, 1.165) is 18.9 Å². The molecule has 0 radical (unpaired) electrons. The standard InChI is InChI=1S/C13H16Cl2N2O3S/c1-8-2-4-17(5-3-8)13(18)10-6-9(21(16,19)20)7-11(14)12(10)15/h6-8H,2-5H2,1H3,(H2,16,19,20). The zero-order valence-electron chi connectivity index (χ0n) is 11.5. The van der Waals surface area contributed by atoms with Crippen LogP contribution in [0.2, 0.25) is 10.0 Å². The summed E-state index contributed by atoms with van der Waals surface area (Å²) in [6.07, 6.45) is 1.82. The van der Waals surface area contributed by atoms with Crippen LogP contribution in [0.3, 0.4) is 0 Å². The molecule has 0 aliphatic carbocycles. The SMILES string of the molecule is CC1CCN(C(=O)c2cc(S(N)(=O)=O)cc(Cl)c2Cl)CC1. The number of hydrogen-bond acceptors (Lipinski definition) is 3. The lowest BCUT2D eigenvalue weighted by Gasteiger charge is -2.30. The fourth-order valence-electron chi connectivity index (χ4n) is 2.27. The lowest BCUT2D eigenvalue weighted by molar-refractivity contribution is 0.0697. The summed E-state index contributed by atoms with van der Waals surface area (Å²) in [5.41, 5.74) is 0.0720. The third kappa shape index (κ3) is 3.69. The molecule has 1 aromatic rings. The molecule has 0 spiro atoms. The summed E-state index contributed by atoms with van der Waals surface area (Å²) in [4.78, 5) is 13.9. The van der Waals surface area contributed by atoms with E-state index >= 15 is 0 Å². The summed E-state index contributed by atoms with van der Waals surface area (Å²) < 4.78 is 22.9. The van der Waals surface area contributed by atoms with Crippen LogP contribution in [-0.2, 0) is 10.0 Å². The van der Waals surface area contributed by atoms with Crippen molar-refractivity contribution in [3.05, 3.63) is 27.7 Å². The maximum absolute atomic E-state index is 12.5. The maximum atomic E-state index is 12.5. The molecular formula is C13H16Cl2N2O3S. The number of primary sulfonamides is 1. The van der Waals surface area contributed by atoms with Crippen molar-refractivity contribution in [2.24, 2.45) is 11.1 Å². The highest BCUT2D eigenvalue weighted by atomic mass is 35.5. The van der Waals surface area contributed by atoms with E-state index in [1.165, 1.54) is 6.07 Å². The van der Waals surface area contributed by atoms with E-state index in [1.54, 1.807) is 4.90 Å². The summed E-state index contributed by atoms with van der Waals surface area (Å²) in [5.74, 6) is 0.253. The van der Waals surface area contributed by atoms with Gasteiger partial charge in [-0.15, -0.1) is 0 Å². The Hall–Kier alpha value is -0.820. The first-order valence-electron chi connectivity index (χ1n) is 6.51.